The summed E-state index contributed by atoms with van der Waals surface area (Å²) in [4.78, 5) is 1.61. The van der Waals surface area contributed by atoms with Gasteiger partial charge in [0.05, 0.1) is 19.3 Å². The van der Waals surface area contributed by atoms with Crippen LogP contribution in [0.1, 0.15) is 46.5 Å². The van der Waals surface area contributed by atoms with Crippen LogP contribution in [0.15, 0.2) is 24.4 Å². The molecule has 0 atom stereocenters. The van der Waals surface area contributed by atoms with E-state index in [9.17, 15) is 0 Å². The van der Waals surface area contributed by atoms with Crippen molar-refractivity contribution in [3.05, 3.63) is 24.4 Å². The second-order valence-corrected chi connectivity index (χ2v) is 3.68. The maximum absolute atomic E-state index is 2.33. The quantitative estimate of drug-likeness (QED) is 0.617. The van der Waals surface area contributed by atoms with Gasteiger partial charge in [-0.2, -0.15) is 0 Å². The lowest BCUT2D eigenvalue weighted by Gasteiger charge is -2.11. The minimum atomic E-state index is 0. The van der Waals surface area contributed by atoms with Crippen LogP contribution in [0.4, 0.5) is 0 Å². The molecule has 90 valence electrons. The molecule has 0 spiro atoms. The molecular formula is C13H27NO. The second kappa shape index (κ2) is 13.4. The van der Waals surface area contributed by atoms with Gasteiger partial charge in [0.15, 0.2) is 0 Å². The number of hydrogen-bond acceptors (Lipinski definition) is 1. The molecule has 0 aliphatic heterocycles. The molecular weight excluding hydrogens is 186 g/mol. The molecule has 0 aliphatic rings. The summed E-state index contributed by atoms with van der Waals surface area (Å²) in [5, 5.41) is 0. The van der Waals surface area contributed by atoms with Crippen molar-refractivity contribution in [1.29, 1.82) is 0 Å². The first-order chi connectivity index (χ1) is 6.85. The van der Waals surface area contributed by atoms with Crippen LogP contribution >= 0.6 is 0 Å². The van der Waals surface area contributed by atoms with Crippen molar-refractivity contribution in [3.63, 3.8) is 0 Å². The largest absolute Gasteiger partial charge is 0.870 e. The van der Waals surface area contributed by atoms with Crippen LogP contribution in [-0.2, 0) is 0 Å². The Morgan fingerprint density at radius 1 is 0.867 bits per heavy atom. The zero-order valence-corrected chi connectivity index (χ0v) is 10.5. The van der Waals surface area contributed by atoms with Gasteiger partial charge in [-0.1, -0.05) is 32.9 Å². The first-order valence-corrected chi connectivity index (χ1v) is 6.01. The number of hydrogen-bond donors (Lipinski definition) is 1. The fourth-order valence-electron chi connectivity index (χ4n) is 1.51. The van der Waals surface area contributed by atoms with Crippen LogP contribution in [0.2, 0.25) is 0 Å². The predicted molar refractivity (Wildman–Crippen MR) is 66.4 cm³/mol. The lowest BCUT2D eigenvalue weighted by molar-refractivity contribution is -0.847. The molecule has 0 saturated heterocycles. The van der Waals surface area contributed by atoms with Crippen LogP contribution in [0, 0.1) is 0 Å². The van der Waals surface area contributed by atoms with E-state index in [0.29, 0.717) is 0 Å². The van der Waals surface area contributed by atoms with Gasteiger partial charge in [-0.3, -0.25) is 0 Å². The van der Waals surface area contributed by atoms with Crippen molar-refractivity contribution in [2.75, 3.05) is 13.1 Å². The Bertz CT molecular complexity index is 158. The molecule has 0 unspecified atom stereocenters. The van der Waals surface area contributed by atoms with Crippen LogP contribution < -0.4 is 4.90 Å². The van der Waals surface area contributed by atoms with E-state index in [0.717, 1.165) is 12.8 Å². The number of nitrogens with one attached hydrogen (secondary N) is 1. The lowest BCUT2D eigenvalue weighted by atomic mass is 10.3. The zero-order chi connectivity index (χ0) is 10.6. The normalized spacial score (nSPS) is 11.5. The third kappa shape index (κ3) is 11.3. The van der Waals surface area contributed by atoms with Crippen molar-refractivity contribution in [2.24, 2.45) is 0 Å². The fourth-order valence-corrected chi connectivity index (χ4v) is 1.51. The van der Waals surface area contributed by atoms with E-state index in [1.165, 1.54) is 25.9 Å². The number of rotatable bonds is 8. The third-order valence-corrected chi connectivity index (χ3v) is 2.17. The SMILES string of the molecule is CCC=CCC=C[NH+](CCC)CCC.[OH-]. The summed E-state index contributed by atoms with van der Waals surface area (Å²) in [6.07, 6.45) is 13.9. The van der Waals surface area contributed by atoms with Crippen LogP contribution in [0.25, 0.3) is 0 Å². The molecule has 2 heteroatoms. The molecule has 2 N–H and O–H groups in total. The van der Waals surface area contributed by atoms with E-state index >= 15 is 0 Å². The van der Waals surface area contributed by atoms with Crippen LogP contribution in [0.3, 0.4) is 0 Å². The third-order valence-electron chi connectivity index (χ3n) is 2.17. The monoisotopic (exact) mass is 213 g/mol. The Labute approximate surface area is 95.0 Å². The van der Waals surface area contributed by atoms with E-state index < -0.39 is 0 Å². The van der Waals surface area contributed by atoms with Gasteiger partial charge in [0.2, 0.25) is 0 Å². The van der Waals surface area contributed by atoms with Gasteiger partial charge in [-0.15, -0.1) is 0 Å². The van der Waals surface area contributed by atoms with E-state index in [2.05, 4.69) is 45.2 Å². The molecule has 0 radical (unpaired) electrons. The van der Waals surface area contributed by atoms with Crippen LogP contribution in [0.5, 0.6) is 0 Å². The highest BCUT2D eigenvalue weighted by atomic mass is 16.0. The van der Waals surface area contributed by atoms with Crippen molar-refractivity contribution in [1.82, 2.24) is 0 Å². The van der Waals surface area contributed by atoms with Gasteiger partial charge in [0.25, 0.3) is 0 Å². The molecule has 0 rings (SSSR count). The Kier molecular flexibility index (Phi) is 15.0. The first kappa shape index (κ1) is 16.8. The maximum Gasteiger partial charge on any atom is 0.0904 e. The Balaban J connectivity index is 0. The summed E-state index contributed by atoms with van der Waals surface area (Å²) in [5.41, 5.74) is 0. The molecule has 15 heavy (non-hydrogen) atoms. The molecule has 0 heterocycles. The van der Waals surface area contributed by atoms with Gasteiger partial charge < -0.3 is 10.4 Å². The van der Waals surface area contributed by atoms with Crippen LogP contribution in [-0.4, -0.2) is 18.6 Å². The number of allylic oxidation sites excluding steroid dienone is 3. The van der Waals surface area contributed by atoms with E-state index in [4.69, 9.17) is 0 Å². The fraction of sp³-hybridized carbons (Fsp3) is 0.692. The van der Waals surface area contributed by atoms with Crippen molar-refractivity contribution >= 4 is 0 Å². The van der Waals surface area contributed by atoms with E-state index in [1.807, 2.05) is 0 Å². The summed E-state index contributed by atoms with van der Waals surface area (Å²) in [6.45, 7) is 9.20. The number of quaternary nitrogens is 1. The molecule has 0 aromatic rings. The molecule has 0 amide bonds. The smallest absolute Gasteiger partial charge is 0.0904 e. The molecule has 0 aliphatic carbocycles. The summed E-state index contributed by atoms with van der Waals surface area (Å²) in [7, 11) is 0. The van der Waals surface area contributed by atoms with Gasteiger partial charge in [0.1, 0.15) is 0 Å². The van der Waals surface area contributed by atoms with E-state index in [1.54, 1.807) is 4.90 Å². The predicted octanol–water partition coefficient (Wildman–Crippen LogP) is 2.38. The van der Waals surface area contributed by atoms with Crippen molar-refractivity contribution < 1.29 is 10.4 Å². The Hall–Kier alpha value is -0.600. The molecule has 0 saturated carbocycles. The molecule has 0 fully saturated rings. The average Bonchev–Trinajstić information content (AvgIpc) is 2.18. The molecule has 0 bridgehead atoms. The van der Waals surface area contributed by atoms with Gasteiger partial charge in [-0.05, 0) is 31.8 Å². The topological polar surface area (TPSA) is 34.4 Å². The van der Waals surface area contributed by atoms with Gasteiger partial charge >= 0.3 is 0 Å². The zero-order valence-electron chi connectivity index (χ0n) is 10.5. The first-order valence-electron chi connectivity index (χ1n) is 6.01. The summed E-state index contributed by atoms with van der Waals surface area (Å²) in [5.74, 6) is 0. The highest BCUT2D eigenvalue weighted by Crippen LogP contribution is 1.86. The lowest BCUT2D eigenvalue weighted by Crippen LogP contribution is -3.07. The Morgan fingerprint density at radius 2 is 1.47 bits per heavy atom. The maximum atomic E-state index is 2.33. The highest BCUT2D eigenvalue weighted by molar-refractivity contribution is 4.88. The minimum absolute atomic E-state index is 0. The average molecular weight is 213 g/mol. The summed E-state index contributed by atoms with van der Waals surface area (Å²) >= 11 is 0. The summed E-state index contributed by atoms with van der Waals surface area (Å²) in [6, 6.07) is 0. The second-order valence-electron chi connectivity index (χ2n) is 3.68. The Morgan fingerprint density at radius 3 is 1.93 bits per heavy atom. The van der Waals surface area contributed by atoms with Gasteiger partial charge in [-0.25, -0.2) is 0 Å². The molecule has 0 aromatic heterocycles. The standard InChI is InChI=1S/C13H25N.H2O/c1-4-7-8-9-10-13-14(11-5-2)12-6-3;/h7-8,10,13H,4-6,9,11-12H2,1-3H3;1H2. The van der Waals surface area contributed by atoms with Gasteiger partial charge in [0, 0.05) is 0 Å². The van der Waals surface area contributed by atoms with Crippen molar-refractivity contribution in [3.8, 4) is 0 Å². The highest BCUT2D eigenvalue weighted by Gasteiger charge is 1.99. The molecule has 0 aromatic carbocycles. The molecule has 2 nitrogen and oxygen atoms in total. The minimum Gasteiger partial charge on any atom is -0.870 e. The van der Waals surface area contributed by atoms with Crippen molar-refractivity contribution in [2.45, 2.75) is 46.5 Å². The van der Waals surface area contributed by atoms with E-state index in [-0.39, 0.29) is 5.48 Å². The summed E-state index contributed by atoms with van der Waals surface area (Å²) < 4.78 is 0.